The minimum absolute atomic E-state index is 0.951. The molecule has 11 rings (SSSR count). The Balaban J connectivity index is 1.18. The summed E-state index contributed by atoms with van der Waals surface area (Å²) in [5.41, 5.74) is 16.7. The third kappa shape index (κ3) is 3.77. The van der Waals surface area contributed by atoms with Crippen molar-refractivity contribution in [2.45, 2.75) is 0 Å². The molecule has 0 amide bonds. The molecule has 0 radical (unpaired) electrons. The maximum absolute atomic E-state index is 5.00. The van der Waals surface area contributed by atoms with Crippen LogP contribution in [0.1, 0.15) is 0 Å². The molecular formula is C47H29N3. The van der Waals surface area contributed by atoms with Crippen LogP contribution in [0.3, 0.4) is 0 Å². The first-order chi connectivity index (χ1) is 24.8. The molecule has 3 heterocycles. The Morgan fingerprint density at radius 1 is 0.300 bits per heavy atom. The van der Waals surface area contributed by atoms with E-state index in [0.29, 0.717) is 0 Å². The second-order valence-corrected chi connectivity index (χ2v) is 13.1. The fourth-order valence-corrected chi connectivity index (χ4v) is 8.42. The fourth-order valence-electron chi connectivity index (χ4n) is 8.42. The van der Waals surface area contributed by atoms with E-state index in [1.807, 2.05) is 12.3 Å². The number of pyridine rings is 1. The predicted octanol–water partition coefficient (Wildman–Crippen LogP) is 12.3. The van der Waals surface area contributed by atoms with Gasteiger partial charge in [0.25, 0.3) is 0 Å². The number of hydrogen-bond acceptors (Lipinski definition) is 1. The van der Waals surface area contributed by atoms with Gasteiger partial charge >= 0.3 is 0 Å². The van der Waals surface area contributed by atoms with E-state index in [1.54, 1.807) is 0 Å². The van der Waals surface area contributed by atoms with Crippen LogP contribution in [-0.4, -0.2) is 14.1 Å². The quantitative estimate of drug-likeness (QED) is 0.185. The fraction of sp³-hybridized carbons (Fsp3) is 0. The van der Waals surface area contributed by atoms with Crippen LogP contribution in [-0.2, 0) is 0 Å². The molecule has 7 aromatic carbocycles. The minimum atomic E-state index is 0.951. The van der Waals surface area contributed by atoms with E-state index >= 15 is 0 Å². The average Bonchev–Trinajstić information content (AvgIpc) is 3.70. The molecule has 0 fully saturated rings. The Kier molecular flexibility index (Phi) is 5.67. The van der Waals surface area contributed by atoms with Gasteiger partial charge in [0.15, 0.2) is 0 Å². The molecule has 3 nitrogen and oxygen atoms in total. The molecule has 50 heavy (non-hydrogen) atoms. The van der Waals surface area contributed by atoms with Crippen LogP contribution in [0.25, 0.3) is 99.6 Å². The molecule has 0 N–H and O–H groups in total. The van der Waals surface area contributed by atoms with E-state index in [9.17, 15) is 0 Å². The van der Waals surface area contributed by atoms with Crippen molar-refractivity contribution in [1.29, 1.82) is 0 Å². The Bertz CT molecular complexity index is 2940. The van der Waals surface area contributed by atoms with E-state index in [0.717, 1.165) is 27.9 Å². The predicted molar refractivity (Wildman–Crippen MR) is 208 cm³/mol. The first-order valence-corrected chi connectivity index (χ1v) is 17.1. The van der Waals surface area contributed by atoms with Crippen LogP contribution in [0, 0.1) is 0 Å². The summed E-state index contributed by atoms with van der Waals surface area (Å²) in [7, 11) is 0. The van der Waals surface area contributed by atoms with Crippen LogP contribution in [0.15, 0.2) is 176 Å². The van der Waals surface area contributed by atoms with Crippen molar-refractivity contribution in [3.05, 3.63) is 176 Å². The third-order valence-corrected chi connectivity index (χ3v) is 10.6. The number of hydrogen-bond donors (Lipinski definition) is 0. The van der Waals surface area contributed by atoms with Crippen LogP contribution in [0.5, 0.6) is 0 Å². The highest BCUT2D eigenvalue weighted by Gasteiger charge is 2.23. The van der Waals surface area contributed by atoms with Gasteiger partial charge in [-0.2, -0.15) is 0 Å². The molecule has 1 aliphatic carbocycles. The highest BCUT2D eigenvalue weighted by Crippen LogP contribution is 2.48. The highest BCUT2D eigenvalue weighted by atomic mass is 15.0. The third-order valence-electron chi connectivity index (χ3n) is 10.6. The number of benzene rings is 7. The maximum atomic E-state index is 5.00. The summed E-state index contributed by atoms with van der Waals surface area (Å²) >= 11 is 0. The van der Waals surface area contributed by atoms with Crippen molar-refractivity contribution in [2.75, 3.05) is 0 Å². The highest BCUT2D eigenvalue weighted by molar-refractivity contribution is 6.12. The molecule has 232 valence electrons. The first kappa shape index (κ1) is 27.3. The van der Waals surface area contributed by atoms with Crippen molar-refractivity contribution >= 4 is 43.7 Å². The van der Waals surface area contributed by atoms with Gasteiger partial charge in [0, 0.05) is 39.1 Å². The zero-order chi connectivity index (χ0) is 32.8. The molecule has 3 aromatic heterocycles. The zero-order valence-corrected chi connectivity index (χ0v) is 27.1. The summed E-state index contributed by atoms with van der Waals surface area (Å²) in [5, 5.41) is 4.84. The van der Waals surface area contributed by atoms with E-state index in [4.69, 9.17) is 4.98 Å². The minimum Gasteiger partial charge on any atom is -0.309 e. The van der Waals surface area contributed by atoms with Gasteiger partial charge in [-0.1, -0.05) is 115 Å². The van der Waals surface area contributed by atoms with Crippen LogP contribution in [0.2, 0.25) is 0 Å². The first-order valence-electron chi connectivity index (χ1n) is 17.1. The normalized spacial score (nSPS) is 12.0. The van der Waals surface area contributed by atoms with Gasteiger partial charge in [-0.25, -0.2) is 4.98 Å². The number of para-hydroxylation sites is 2. The van der Waals surface area contributed by atoms with Gasteiger partial charge in [-0.15, -0.1) is 0 Å². The van der Waals surface area contributed by atoms with Crippen molar-refractivity contribution in [3.63, 3.8) is 0 Å². The standard InChI is InChI=1S/C47H29N3/c1-2-13-33-32(12-1)34-14-3-4-16-36(34)38-25-23-31(28-42(38)37-17-6-5-15-35(33)37)50-46-26-24-30(29-43(46)41-20-11-27-48-47(41)50)49-44-21-9-7-18-39(44)40-19-8-10-22-45(40)49/h1-29H. The van der Waals surface area contributed by atoms with Crippen LogP contribution < -0.4 is 0 Å². The topological polar surface area (TPSA) is 22.8 Å². The van der Waals surface area contributed by atoms with Gasteiger partial charge in [0.2, 0.25) is 0 Å². The molecule has 0 aliphatic heterocycles. The molecule has 0 spiro atoms. The SMILES string of the molecule is c1ccc2c(c1)-c1ccccc1-c1ccc(-n3c4ccc(-n5c6ccccc6c6ccccc65)cc4c4cccnc43)cc1-c1ccccc1-2. The largest absolute Gasteiger partial charge is 0.309 e. The summed E-state index contributed by atoms with van der Waals surface area (Å²) in [4.78, 5) is 5.00. The van der Waals surface area contributed by atoms with E-state index in [2.05, 4.69) is 173 Å². The molecule has 0 atom stereocenters. The van der Waals surface area contributed by atoms with Crippen molar-refractivity contribution < 1.29 is 0 Å². The lowest BCUT2D eigenvalue weighted by Crippen LogP contribution is -2.00. The lowest BCUT2D eigenvalue weighted by molar-refractivity contribution is 1.13. The van der Waals surface area contributed by atoms with Crippen LogP contribution in [0.4, 0.5) is 0 Å². The summed E-state index contributed by atoms with van der Waals surface area (Å²) in [6, 6.07) is 61.9. The smallest absolute Gasteiger partial charge is 0.145 e. The van der Waals surface area contributed by atoms with Gasteiger partial charge < -0.3 is 4.57 Å². The molecule has 3 heteroatoms. The summed E-state index contributed by atoms with van der Waals surface area (Å²) in [6.45, 7) is 0. The summed E-state index contributed by atoms with van der Waals surface area (Å²) < 4.78 is 4.73. The van der Waals surface area contributed by atoms with E-state index < -0.39 is 0 Å². The second kappa shape index (κ2) is 10.4. The number of aromatic nitrogens is 3. The Morgan fingerprint density at radius 3 is 1.34 bits per heavy atom. The Labute approximate surface area is 288 Å². The Morgan fingerprint density at radius 2 is 0.740 bits per heavy atom. The van der Waals surface area contributed by atoms with Crippen molar-refractivity contribution in [3.8, 4) is 55.9 Å². The molecule has 0 saturated heterocycles. The Hall–Kier alpha value is -6.71. The number of nitrogens with zero attached hydrogens (tertiary/aromatic N) is 3. The maximum Gasteiger partial charge on any atom is 0.145 e. The van der Waals surface area contributed by atoms with Gasteiger partial charge in [-0.05, 0) is 99.1 Å². The molecule has 10 aromatic rings. The monoisotopic (exact) mass is 635 g/mol. The van der Waals surface area contributed by atoms with E-state index in [-0.39, 0.29) is 0 Å². The molecule has 0 bridgehead atoms. The van der Waals surface area contributed by atoms with Crippen molar-refractivity contribution in [1.82, 2.24) is 14.1 Å². The van der Waals surface area contributed by atoms with Gasteiger partial charge in [0.1, 0.15) is 5.65 Å². The van der Waals surface area contributed by atoms with Gasteiger partial charge in [-0.3, -0.25) is 4.57 Å². The summed E-state index contributed by atoms with van der Waals surface area (Å²) in [6.07, 6.45) is 1.90. The number of rotatable bonds is 2. The van der Waals surface area contributed by atoms with Crippen LogP contribution >= 0.6 is 0 Å². The lowest BCUT2D eigenvalue weighted by atomic mass is 9.81. The average molecular weight is 636 g/mol. The van der Waals surface area contributed by atoms with Crippen molar-refractivity contribution in [2.24, 2.45) is 0 Å². The molecule has 0 saturated carbocycles. The molecule has 0 unspecified atom stereocenters. The number of fused-ring (bicyclic) bond motifs is 14. The summed E-state index contributed by atoms with van der Waals surface area (Å²) in [5.74, 6) is 0. The molecule has 1 aliphatic rings. The molecular weight excluding hydrogens is 607 g/mol. The lowest BCUT2D eigenvalue weighted by Gasteiger charge is -2.23. The zero-order valence-electron chi connectivity index (χ0n) is 27.1. The van der Waals surface area contributed by atoms with E-state index in [1.165, 1.54) is 71.7 Å². The van der Waals surface area contributed by atoms with Gasteiger partial charge in [0.05, 0.1) is 16.6 Å². The second-order valence-electron chi connectivity index (χ2n) is 13.1.